The van der Waals surface area contributed by atoms with E-state index in [0.29, 0.717) is 11.3 Å². The Hall–Kier alpha value is -4.60. The molecule has 0 atom stereocenters. The molecule has 4 rings (SSSR count). The first-order chi connectivity index (χ1) is 16.4. The SMILES string of the molecule is COC(=O)COc1ccc2ccccc2c1C=C1NC(=O)N(Cc2ccc(C(=O)OC)o2)C1=O. The van der Waals surface area contributed by atoms with Gasteiger partial charge in [-0.05, 0) is 35.0 Å². The molecule has 0 spiro atoms. The number of furan rings is 1. The van der Waals surface area contributed by atoms with Gasteiger partial charge in [-0.3, -0.25) is 9.69 Å². The number of amides is 3. The minimum atomic E-state index is -0.667. The number of benzene rings is 2. The van der Waals surface area contributed by atoms with E-state index in [2.05, 4.69) is 14.8 Å². The summed E-state index contributed by atoms with van der Waals surface area (Å²) in [6.07, 6.45) is 1.50. The van der Waals surface area contributed by atoms with Crippen LogP contribution >= 0.6 is 0 Å². The van der Waals surface area contributed by atoms with Crippen LogP contribution < -0.4 is 10.1 Å². The summed E-state index contributed by atoms with van der Waals surface area (Å²) in [6.45, 7) is -0.501. The van der Waals surface area contributed by atoms with Gasteiger partial charge in [-0.15, -0.1) is 0 Å². The summed E-state index contributed by atoms with van der Waals surface area (Å²) in [4.78, 5) is 49.6. The van der Waals surface area contributed by atoms with E-state index in [0.717, 1.165) is 15.7 Å². The van der Waals surface area contributed by atoms with Gasteiger partial charge in [-0.25, -0.2) is 14.4 Å². The molecule has 1 fully saturated rings. The molecule has 0 aliphatic carbocycles. The van der Waals surface area contributed by atoms with E-state index in [-0.39, 0.29) is 30.4 Å². The molecule has 34 heavy (non-hydrogen) atoms. The lowest BCUT2D eigenvalue weighted by molar-refractivity contribution is -0.142. The smallest absolute Gasteiger partial charge is 0.373 e. The standard InChI is InChI=1S/C24H20N2O8/c1-31-21(27)13-33-19-9-7-14-5-3-4-6-16(14)17(19)11-18-22(28)26(24(30)25-18)12-15-8-10-20(34-15)23(29)32-2/h3-11H,12-13H2,1-2H3,(H,25,30). The second kappa shape index (κ2) is 9.49. The summed E-state index contributed by atoms with van der Waals surface area (Å²) in [5.41, 5.74) is 0.530. The first kappa shape index (κ1) is 22.6. The summed E-state index contributed by atoms with van der Waals surface area (Å²) in [6, 6.07) is 13.1. The van der Waals surface area contributed by atoms with E-state index in [9.17, 15) is 19.2 Å². The van der Waals surface area contributed by atoms with E-state index < -0.39 is 23.9 Å². The molecule has 3 aromatic rings. The Labute approximate surface area is 193 Å². The lowest BCUT2D eigenvalue weighted by atomic mass is 10.0. The van der Waals surface area contributed by atoms with Crippen molar-refractivity contribution >= 4 is 40.7 Å². The second-order valence-corrected chi connectivity index (χ2v) is 7.20. The van der Waals surface area contributed by atoms with Crippen LogP contribution in [0.3, 0.4) is 0 Å². The molecular weight excluding hydrogens is 444 g/mol. The molecular formula is C24H20N2O8. The number of carbonyl (C=O) groups is 4. The number of rotatable bonds is 7. The van der Waals surface area contributed by atoms with Gasteiger partial charge in [-0.2, -0.15) is 0 Å². The van der Waals surface area contributed by atoms with Crippen LogP contribution in [0.15, 0.2) is 58.6 Å². The largest absolute Gasteiger partial charge is 0.481 e. The van der Waals surface area contributed by atoms with Crippen LogP contribution in [-0.4, -0.2) is 49.6 Å². The molecule has 10 heteroatoms. The lowest BCUT2D eigenvalue weighted by Gasteiger charge is -2.12. The molecule has 0 unspecified atom stereocenters. The van der Waals surface area contributed by atoms with Crippen LogP contribution in [0.4, 0.5) is 4.79 Å². The van der Waals surface area contributed by atoms with Crippen molar-refractivity contribution in [3.05, 3.63) is 71.3 Å². The highest BCUT2D eigenvalue weighted by atomic mass is 16.6. The van der Waals surface area contributed by atoms with Gasteiger partial charge in [0.2, 0.25) is 5.76 Å². The van der Waals surface area contributed by atoms with Gasteiger partial charge in [-0.1, -0.05) is 30.3 Å². The third-order valence-corrected chi connectivity index (χ3v) is 5.12. The summed E-state index contributed by atoms with van der Waals surface area (Å²) in [7, 11) is 2.47. The van der Waals surface area contributed by atoms with E-state index in [1.807, 2.05) is 30.3 Å². The van der Waals surface area contributed by atoms with Gasteiger partial charge < -0.3 is 23.9 Å². The van der Waals surface area contributed by atoms with Crippen LogP contribution in [0, 0.1) is 0 Å². The van der Waals surface area contributed by atoms with E-state index in [1.165, 1.54) is 32.4 Å². The van der Waals surface area contributed by atoms with Crippen molar-refractivity contribution in [3.63, 3.8) is 0 Å². The highest BCUT2D eigenvalue weighted by molar-refractivity contribution is 6.14. The summed E-state index contributed by atoms with van der Waals surface area (Å²) in [5, 5.41) is 4.18. The molecule has 10 nitrogen and oxygen atoms in total. The number of imide groups is 1. The Balaban J connectivity index is 1.64. The molecule has 2 aromatic carbocycles. The molecule has 0 radical (unpaired) electrons. The quantitative estimate of drug-likeness (QED) is 0.322. The molecule has 2 heterocycles. The van der Waals surface area contributed by atoms with Crippen LogP contribution in [0.1, 0.15) is 21.9 Å². The number of urea groups is 1. The molecule has 1 N–H and O–H groups in total. The predicted molar refractivity (Wildman–Crippen MR) is 119 cm³/mol. The van der Waals surface area contributed by atoms with Gasteiger partial charge in [0.1, 0.15) is 17.2 Å². The third-order valence-electron chi connectivity index (χ3n) is 5.12. The van der Waals surface area contributed by atoms with Crippen LogP contribution in [0.2, 0.25) is 0 Å². The Morgan fingerprint density at radius 1 is 1.03 bits per heavy atom. The summed E-state index contributed by atoms with van der Waals surface area (Å²) < 4.78 is 20.2. The number of nitrogens with one attached hydrogen (secondary N) is 1. The summed E-state index contributed by atoms with van der Waals surface area (Å²) >= 11 is 0. The number of hydrogen-bond donors (Lipinski definition) is 1. The zero-order valence-electron chi connectivity index (χ0n) is 18.3. The zero-order valence-corrected chi connectivity index (χ0v) is 18.3. The monoisotopic (exact) mass is 464 g/mol. The second-order valence-electron chi connectivity index (χ2n) is 7.20. The van der Waals surface area contributed by atoms with Crippen molar-refractivity contribution in [2.45, 2.75) is 6.54 Å². The van der Waals surface area contributed by atoms with E-state index in [1.54, 1.807) is 6.07 Å². The highest BCUT2D eigenvalue weighted by Gasteiger charge is 2.34. The highest BCUT2D eigenvalue weighted by Crippen LogP contribution is 2.31. The fourth-order valence-corrected chi connectivity index (χ4v) is 3.43. The number of carbonyl (C=O) groups excluding carboxylic acids is 4. The van der Waals surface area contributed by atoms with E-state index >= 15 is 0 Å². The third kappa shape index (κ3) is 4.46. The van der Waals surface area contributed by atoms with Crippen molar-refractivity contribution in [2.75, 3.05) is 20.8 Å². The molecule has 0 saturated carbocycles. The van der Waals surface area contributed by atoms with Gasteiger partial charge >= 0.3 is 18.0 Å². The Morgan fingerprint density at radius 3 is 2.59 bits per heavy atom. The van der Waals surface area contributed by atoms with Crippen LogP contribution in [0.25, 0.3) is 16.8 Å². The topological polar surface area (TPSA) is 124 Å². The Bertz CT molecular complexity index is 1320. The molecule has 1 aromatic heterocycles. The van der Waals surface area contributed by atoms with Crippen molar-refractivity contribution in [3.8, 4) is 5.75 Å². The first-order valence-electron chi connectivity index (χ1n) is 10.1. The van der Waals surface area contributed by atoms with Crippen molar-refractivity contribution in [1.82, 2.24) is 10.2 Å². The number of methoxy groups -OCH3 is 2. The van der Waals surface area contributed by atoms with Crippen molar-refractivity contribution < 1.29 is 37.8 Å². The first-order valence-corrected chi connectivity index (χ1v) is 10.1. The maximum absolute atomic E-state index is 13.0. The number of esters is 2. The normalized spacial score (nSPS) is 14.4. The minimum Gasteiger partial charge on any atom is -0.481 e. The number of fused-ring (bicyclic) bond motifs is 1. The Kier molecular flexibility index (Phi) is 6.30. The van der Waals surface area contributed by atoms with Gasteiger partial charge in [0.25, 0.3) is 5.91 Å². The van der Waals surface area contributed by atoms with Crippen molar-refractivity contribution in [1.29, 1.82) is 0 Å². The predicted octanol–water partition coefficient (Wildman–Crippen LogP) is 2.86. The molecule has 174 valence electrons. The Morgan fingerprint density at radius 2 is 1.82 bits per heavy atom. The molecule has 1 aliphatic heterocycles. The number of ether oxygens (including phenoxy) is 3. The maximum atomic E-state index is 13.0. The maximum Gasteiger partial charge on any atom is 0.373 e. The molecule has 3 amide bonds. The van der Waals surface area contributed by atoms with E-state index in [4.69, 9.17) is 9.15 Å². The van der Waals surface area contributed by atoms with Crippen molar-refractivity contribution in [2.24, 2.45) is 0 Å². The van der Waals surface area contributed by atoms with Crippen LogP contribution in [-0.2, 0) is 25.6 Å². The molecule has 1 aliphatic rings. The molecule has 0 bridgehead atoms. The van der Waals surface area contributed by atoms with Crippen LogP contribution in [0.5, 0.6) is 5.75 Å². The number of nitrogens with zero attached hydrogens (tertiary/aromatic N) is 1. The minimum absolute atomic E-state index is 0.0176. The lowest BCUT2D eigenvalue weighted by Crippen LogP contribution is -2.30. The fraction of sp³-hybridized carbons (Fsp3) is 0.167. The average Bonchev–Trinajstić information content (AvgIpc) is 3.43. The zero-order chi connectivity index (χ0) is 24.2. The van der Waals surface area contributed by atoms with Gasteiger partial charge in [0.05, 0.1) is 20.8 Å². The number of hydrogen-bond acceptors (Lipinski definition) is 8. The van der Waals surface area contributed by atoms with Gasteiger partial charge in [0, 0.05) is 5.56 Å². The summed E-state index contributed by atoms with van der Waals surface area (Å²) in [5.74, 6) is -1.29. The average molecular weight is 464 g/mol. The van der Waals surface area contributed by atoms with Gasteiger partial charge in [0.15, 0.2) is 6.61 Å². The fourth-order valence-electron chi connectivity index (χ4n) is 3.43. The molecule has 1 saturated heterocycles.